The molecule has 9 heavy (non-hydrogen) atoms. The van der Waals surface area contributed by atoms with Crippen LogP contribution in [0.25, 0.3) is 0 Å². The zero-order valence-electron chi connectivity index (χ0n) is 5.64. The first kappa shape index (κ1) is 8.38. The van der Waals surface area contributed by atoms with Crippen molar-refractivity contribution >= 4 is 17.2 Å². The van der Waals surface area contributed by atoms with Crippen molar-refractivity contribution < 1.29 is 0 Å². The first-order chi connectivity index (χ1) is 4.16. The second kappa shape index (κ2) is 4.28. The second-order valence-electron chi connectivity index (χ2n) is 2.22. The molecule has 0 rings (SSSR count). The van der Waals surface area contributed by atoms with Crippen molar-refractivity contribution in [2.75, 3.05) is 6.54 Å². The lowest BCUT2D eigenvalue weighted by Gasteiger charge is -2.03. The highest BCUT2D eigenvalue weighted by Gasteiger charge is 1.93. The molecule has 0 amide bonds. The van der Waals surface area contributed by atoms with E-state index in [0.29, 0.717) is 5.92 Å². The molecular weight excluding hydrogens is 132 g/mol. The van der Waals surface area contributed by atoms with E-state index < -0.39 is 0 Å². The summed E-state index contributed by atoms with van der Waals surface area (Å²) in [5.74, 6) is 0.538. The summed E-state index contributed by atoms with van der Waals surface area (Å²) in [5, 5.41) is 11.0. The van der Waals surface area contributed by atoms with E-state index in [1.54, 1.807) is 0 Å². The molecule has 0 radical (unpaired) electrons. The molecule has 0 unspecified atom stereocenters. The summed E-state index contributed by atoms with van der Waals surface area (Å²) in [5.41, 5.74) is 0. The molecule has 0 heterocycles. The fourth-order valence-corrected chi connectivity index (χ4v) is 0.420. The molecule has 1 N–H and O–H groups in total. The molecule has 3 heteroatoms. The van der Waals surface area contributed by atoms with Crippen LogP contribution in [0.1, 0.15) is 13.8 Å². The van der Waals surface area contributed by atoms with E-state index in [-0.39, 0.29) is 4.99 Å². The van der Waals surface area contributed by atoms with Crippen LogP contribution in [-0.4, -0.2) is 11.5 Å². The van der Waals surface area contributed by atoms with Gasteiger partial charge in [0.25, 0.3) is 0 Å². The van der Waals surface area contributed by atoms with Gasteiger partial charge in [-0.05, 0) is 18.1 Å². The molecule has 0 saturated heterocycles. The lowest BCUT2D eigenvalue weighted by Crippen LogP contribution is -2.23. The molecule has 0 aliphatic heterocycles. The smallest absolute Gasteiger partial charge is 0.178 e. The Bertz CT molecular complexity index is 134. The summed E-state index contributed by atoms with van der Waals surface area (Å²) < 4.78 is 0. The molecule has 2 nitrogen and oxygen atoms in total. The van der Waals surface area contributed by atoms with E-state index in [4.69, 9.17) is 5.26 Å². The maximum atomic E-state index is 8.19. The summed E-state index contributed by atoms with van der Waals surface area (Å²) >= 11 is 4.60. The SMILES string of the molecule is CC(C)CNC(=S)C#N. The normalized spacial score (nSPS) is 8.67. The first-order valence-corrected chi connectivity index (χ1v) is 3.25. The molecule has 50 valence electrons. The standard InChI is InChI=1S/C6H10N2S/c1-5(2)4-8-6(9)3-7/h5H,4H2,1-2H3,(H,8,9). The number of rotatable bonds is 2. The minimum atomic E-state index is 0.281. The van der Waals surface area contributed by atoms with Crippen LogP contribution in [0.15, 0.2) is 0 Å². The average molecular weight is 142 g/mol. The van der Waals surface area contributed by atoms with Crippen LogP contribution in [0.2, 0.25) is 0 Å². The van der Waals surface area contributed by atoms with Crippen molar-refractivity contribution in [3.05, 3.63) is 0 Å². The summed E-state index contributed by atoms with van der Waals surface area (Å²) in [6, 6.07) is 1.84. The molecule has 0 saturated carbocycles. The Morgan fingerprint density at radius 1 is 1.78 bits per heavy atom. The number of hydrogen-bond donors (Lipinski definition) is 1. The van der Waals surface area contributed by atoms with Crippen molar-refractivity contribution in [1.29, 1.82) is 5.26 Å². The average Bonchev–Trinajstić information content (AvgIpc) is 1.83. The highest BCUT2D eigenvalue weighted by Crippen LogP contribution is 1.86. The van der Waals surface area contributed by atoms with Crippen LogP contribution in [0.5, 0.6) is 0 Å². The van der Waals surface area contributed by atoms with E-state index >= 15 is 0 Å². The van der Waals surface area contributed by atoms with Gasteiger partial charge in [-0.15, -0.1) is 0 Å². The van der Waals surface area contributed by atoms with Crippen LogP contribution in [0.4, 0.5) is 0 Å². The predicted molar refractivity (Wildman–Crippen MR) is 41.1 cm³/mol. The maximum absolute atomic E-state index is 8.19. The number of thiocarbonyl (C=S) groups is 1. The zero-order chi connectivity index (χ0) is 7.28. The molecule has 0 bridgehead atoms. The predicted octanol–water partition coefficient (Wildman–Crippen LogP) is 1.08. The number of nitriles is 1. The van der Waals surface area contributed by atoms with Crippen LogP contribution >= 0.6 is 12.2 Å². The Balaban J connectivity index is 3.31. The van der Waals surface area contributed by atoms with Crippen LogP contribution < -0.4 is 5.32 Å². The van der Waals surface area contributed by atoms with E-state index in [1.807, 2.05) is 6.07 Å². The molecule has 0 aromatic heterocycles. The van der Waals surface area contributed by atoms with Crippen LogP contribution in [0, 0.1) is 17.2 Å². The summed E-state index contributed by atoms with van der Waals surface area (Å²) in [4.78, 5) is 0.281. The van der Waals surface area contributed by atoms with Gasteiger partial charge in [-0.1, -0.05) is 13.8 Å². The number of nitrogens with zero attached hydrogens (tertiary/aromatic N) is 1. The number of hydrogen-bond acceptors (Lipinski definition) is 2. The van der Waals surface area contributed by atoms with Crippen LogP contribution in [0.3, 0.4) is 0 Å². The summed E-state index contributed by atoms with van der Waals surface area (Å²) in [7, 11) is 0. The van der Waals surface area contributed by atoms with Gasteiger partial charge in [0.05, 0.1) is 0 Å². The third-order valence-corrected chi connectivity index (χ3v) is 1.01. The molecule has 0 fully saturated rings. The third-order valence-electron chi connectivity index (χ3n) is 0.772. The van der Waals surface area contributed by atoms with E-state index in [2.05, 4.69) is 31.4 Å². The quantitative estimate of drug-likeness (QED) is 0.586. The lowest BCUT2D eigenvalue weighted by molar-refractivity contribution is 0.628. The molecule has 0 atom stereocenters. The molecule has 0 spiro atoms. The number of nitrogens with one attached hydrogen (secondary N) is 1. The Labute approximate surface area is 60.9 Å². The Morgan fingerprint density at radius 3 is 2.67 bits per heavy atom. The summed E-state index contributed by atoms with van der Waals surface area (Å²) in [6.07, 6.45) is 0. The maximum Gasteiger partial charge on any atom is 0.178 e. The zero-order valence-corrected chi connectivity index (χ0v) is 6.46. The Hall–Kier alpha value is -0.620. The van der Waals surface area contributed by atoms with E-state index in [9.17, 15) is 0 Å². The Morgan fingerprint density at radius 2 is 2.33 bits per heavy atom. The first-order valence-electron chi connectivity index (χ1n) is 2.84. The molecule has 0 aliphatic rings. The summed E-state index contributed by atoms with van der Waals surface area (Å²) in [6.45, 7) is 4.91. The second-order valence-corrected chi connectivity index (χ2v) is 2.62. The minimum absolute atomic E-state index is 0.281. The fourth-order valence-electron chi connectivity index (χ4n) is 0.336. The highest BCUT2D eigenvalue weighted by atomic mass is 32.1. The van der Waals surface area contributed by atoms with Gasteiger partial charge in [-0.2, -0.15) is 5.26 Å². The minimum Gasteiger partial charge on any atom is -0.367 e. The molecule has 0 aromatic carbocycles. The highest BCUT2D eigenvalue weighted by molar-refractivity contribution is 7.80. The lowest BCUT2D eigenvalue weighted by atomic mass is 10.2. The van der Waals surface area contributed by atoms with Gasteiger partial charge in [-0.3, -0.25) is 0 Å². The fraction of sp³-hybridized carbons (Fsp3) is 0.667. The van der Waals surface area contributed by atoms with Crippen molar-refractivity contribution in [2.45, 2.75) is 13.8 Å². The van der Waals surface area contributed by atoms with E-state index in [1.165, 1.54) is 0 Å². The van der Waals surface area contributed by atoms with Crippen molar-refractivity contribution in [2.24, 2.45) is 5.92 Å². The Kier molecular flexibility index (Phi) is 3.98. The molecule has 0 aromatic rings. The van der Waals surface area contributed by atoms with Gasteiger partial charge in [0, 0.05) is 6.54 Å². The van der Waals surface area contributed by atoms with Gasteiger partial charge < -0.3 is 5.32 Å². The monoisotopic (exact) mass is 142 g/mol. The largest absolute Gasteiger partial charge is 0.367 e. The van der Waals surface area contributed by atoms with Crippen molar-refractivity contribution in [3.63, 3.8) is 0 Å². The third kappa shape index (κ3) is 5.25. The molecule has 0 aliphatic carbocycles. The van der Waals surface area contributed by atoms with E-state index in [0.717, 1.165) is 6.54 Å². The van der Waals surface area contributed by atoms with Gasteiger partial charge in [-0.25, -0.2) is 0 Å². The van der Waals surface area contributed by atoms with Gasteiger partial charge in [0.1, 0.15) is 6.07 Å². The van der Waals surface area contributed by atoms with Crippen molar-refractivity contribution in [3.8, 4) is 6.07 Å². The molecular formula is C6H10N2S. The topological polar surface area (TPSA) is 35.8 Å². The van der Waals surface area contributed by atoms with Gasteiger partial charge >= 0.3 is 0 Å². The van der Waals surface area contributed by atoms with Gasteiger partial charge in [0.15, 0.2) is 4.99 Å². The van der Waals surface area contributed by atoms with Crippen molar-refractivity contribution in [1.82, 2.24) is 5.32 Å². The van der Waals surface area contributed by atoms with Gasteiger partial charge in [0.2, 0.25) is 0 Å². The van der Waals surface area contributed by atoms with Crippen LogP contribution in [-0.2, 0) is 0 Å².